The van der Waals surface area contributed by atoms with Gasteiger partial charge in [0.2, 0.25) is 5.91 Å². The average molecular weight is 405 g/mol. The Kier molecular flexibility index (Phi) is 7.14. The quantitative estimate of drug-likeness (QED) is 0.788. The number of methoxy groups -OCH3 is 1. The van der Waals surface area contributed by atoms with Crippen LogP contribution in [0.25, 0.3) is 0 Å². The van der Waals surface area contributed by atoms with Crippen molar-refractivity contribution < 1.29 is 23.8 Å². The maximum absolute atomic E-state index is 12.9. The number of piperidine rings is 1. The molecule has 0 radical (unpaired) electrons. The highest BCUT2D eigenvalue weighted by molar-refractivity contribution is 5.97. The van der Waals surface area contributed by atoms with Gasteiger partial charge in [0, 0.05) is 45.7 Å². The van der Waals surface area contributed by atoms with Crippen LogP contribution in [0, 0.1) is 0 Å². The number of para-hydroxylation sites is 1. The van der Waals surface area contributed by atoms with Gasteiger partial charge in [-0.1, -0.05) is 12.1 Å². The fourth-order valence-corrected chi connectivity index (χ4v) is 3.99. The molecule has 7 heteroatoms. The second-order valence-electron chi connectivity index (χ2n) is 8.40. The minimum atomic E-state index is -0.222. The zero-order valence-electron chi connectivity index (χ0n) is 17.6. The van der Waals surface area contributed by atoms with E-state index in [0.29, 0.717) is 31.0 Å². The van der Waals surface area contributed by atoms with E-state index in [1.807, 2.05) is 32.0 Å². The highest BCUT2D eigenvalue weighted by atomic mass is 16.5. The Hall–Kier alpha value is -2.12. The monoisotopic (exact) mass is 404 g/mol. The van der Waals surface area contributed by atoms with Gasteiger partial charge in [-0.3, -0.25) is 9.59 Å². The molecule has 160 valence electrons. The SMILES string of the molecule is COCC(=O)N1CCC(Oc2ccccc2C(=O)N[C@H]2CCOC(C)(C)C2)CC1. The highest BCUT2D eigenvalue weighted by Gasteiger charge is 2.30. The van der Waals surface area contributed by atoms with E-state index >= 15 is 0 Å². The molecule has 2 aliphatic heterocycles. The molecule has 2 amide bonds. The maximum Gasteiger partial charge on any atom is 0.255 e. The number of amides is 2. The summed E-state index contributed by atoms with van der Waals surface area (Å²) in [4.78, 5) is 26.6. The van der Waals surface area contributed by atoms with Crippen molar-refractivity contribution in [2.75, 3.05) is 33.4 Å². The Bertz CT molecular complexity index is 713. The van der Waals surface area contributed by atoms with Gasteiger partial charge in [-0.2, -0.15) is 0 Å². The summed E-state index contributed by atoms with van der Waals surface area (Å²) in [5, 5.41) is 3.14. The van der Waals surface area contributed by atoms with Crippen molar-refractivity contribution in [1.29, 1.82) is 0 Å². The fourth-order valence-electron chi connectivity index (χ4n) is 3.99. The van der Waals surface area contributed by atoms with Gasteiger partial charge >= 0.3 is 0 Å². The zero-order chi connectivity index (χ0) is 20.9. The first kappa shape index (κ1) is 21.6. The van der Waals surface area contributed by atoms with Gasteiger partial charge in [0.15, 0.2) is 0 Å². The van der Waals surface area contributed by atoms with Crippen LogP contribution in [0.15, 0.2) is 24.3 Å². The van der Waals surface area contributed by atoms with Gasteiger partial charge in [0.1, 0.15) is 18.5 Å². The molecule has 2 saturated heterocycles. The summed E-state index contributed by atoms with van der Waals surface area (Å²) in [5.74, 6) is 0.485. The Morgan fingerprint density at radius 3 is 2.62 bits per heavy atom. The molecule has 1 aromatic carbocycles. The summed E-state index contributed by atoms with van der Waals surface area (Å²) in [5.41, 5.74) is 0.329. The van der Waals surface area contributed by atoms with Crippen LogP contribution < -0.4 is 10.1 Å². The molecule has 7 nitrogen and oxygen atoms in total. The fraction of sp³-hybridized carbons (Fsp3) is 0.636. The van der Waals surface area contributed by atoms with Crippen molar-refractivity contribution in [3.05, 3.63) is 29.8 Å². The highest BCUT2D eigenvalue weighted by Crippen LogP contribution is 2.26. The van der Waals surface area contributed by atoms with Gasteiger partial charge in [-0.05, 0) is 38.8 Å². The van der Waals surface area contributed by atoms with Gasteiger partial charge in [-0.15, -0.1) is 0 Å². The van der Waals surface area contributed by atoms with E-state index in [-0.39, 0.29) is 36.2 Å². The standard InChI is InChI=1S/C22H32N2O5/c1-22(2)14-16(10-13-28-22)23-21(26)18-6-4-5-7-19(18)29-17-8-11-24(12-9-17)20(25)15-27-3/h4-7,16-17H,8-15H2,1-3H3,(H,23,26)/t16-/m0/s1. The number of carbonyl (C=O) groups excluding carboxylic acids is 2. The smallest absolute Gasteiger partial charge is 0.255 e. The zero-order valence-corrected chi connectivity index (χ0v) is 17.6. The van der Waals surface area contributed by atoms with Gasteiger partial charge in [0.25, 0.3) is 5.91 Å². The number of nitrogens with one attached hydrogen (secondary N) is 1. The van der Waals surface area contributed by atoms with Crippen LogP contribution in [0.2, 0.25) is 0 Å². The van der Waals surface area contributed by atoms with E-state index < -0.39 is 0 Å². The topological polar surface area (TPSA) is 77.1 Å². The van der Waals surface area contributed by atoms with Crippen molar-refractivity contribution >= 4 is 11.8 Å². The van der Waals surface area contributed by atoms with Crippen LogP contribution in [-0.2, 0) is 14.3 Å². The van der Waals surface area contributed by atoms with E-state index in [4.69, 9.17) is 14.2 Å². The predicted molar refractivity (Wildman–Crippen MR) is 109 cm³/mol. The van der Waals surface area contributed by atoms with Crippen molar-refractivity contribution in [3.63, 3.8) is 0 Å². The molecule has 2 fully saturated rings. The number of hydrogen-bond acceptors (Lipinski definition) is 5. The van der Waals surface area contributed by atoms with Crippen LogP contribution in [0.4, 0.5) is 0 Å². The van der Waals surface area contributed by atoms with Gasteiger partial charge < -0.3 is 24.4 Å². The third-order valence-electron chi connectivity index (χ3n) is 5.52. The van der Waals surface area contributed by atoms with E-state index in [1.165, 1.54) is 7.11 Å². The molecule has 0 aliphatic carbocycles. The minimum Gasteiger partial charge on any atom is -0.489 e. The summed E-state index contributed by atoms with van der Waals surface area (Å²) >= 11 is 0. The first-order valence-corrected chi connectivity index (χ1v) is 10.3. The molecule has 0 saturated carbocycles. The third kappa shape index (κ3) is 5.93. The van der Waals surface area contributed by atoms with E-state index in [1.54, 1.807) is 11.0 Å². The number of benzene rings is 1. The maximum atomic E-state index is 12.9. The lowest BCUT2D eigenvalue weighted by atomic mass is 9.93. The van der Waals surface area contributed by atoms with Crippen LogP contribution in [0.5, 0.6) is 5.75 Å². The largest absolute Gasteiger partial charge is 0.489 e. The lowest BCUT2D eigenvalue weighted by Gasteiger charge is -2.36. The summed E-state index contributed by atoms with van der Waals surface area (Å²) in [6.45, 7) is 6.13. The van der Waals surface area contributed by atoms with Crippen molar-refractivity contribution in [2.45, 2.75) is 57.3 Å². The van der Waals surface area contributed by atoms with Gasteiger partial charge in [-0.25, -0.2) is 0 Å². The first-order chi connectivity index (χ1) is 13.9. The van der Waals surface area contributed by atoms with Crippen LogP contribution >= 0.6 is 0 Å². The van der Waals surface area contributed by atoms with Crippen LogP contribution in [-0.4, -0.2) is 67.9 Å². The van der Waals surface area contributed by atoms with Gasteiger partial charge in [0.05, 0.1) is 11.2 Å². The molecular weight excluding hydrogens is 372 g/mol. The number of likely N-dealkylation sites (tertiary alicyclic amines) is 1. The molecule has 0 spiro atoms. The molecule has 0 bridgehead atoms. The van der Waals surface area contributed by atoms with E-state index in [0.717, 1.165) is 25.7 Å². The van der Waals surface area contributed by atoms with Crippen molar-refractivity contribution in [2.24, 2.45) is 0 Å². The second kappa shape index (κ2) is 9.59. The summed E-state index contributed by atoms with van der Waals surface area (Å²) < 4.78 is 16.8. The predicted octanol–water partition coefficient (Wildman–Crippen LogP) is 2.39. The molecule has 0 unspecified atom stereocenters. The summed E-state index contributed by atoms with van der Waals surface area (Å²) in [7, 11) is 1.52. The lowest BCUT2D eigenvalue weighted by molar-refractivity contribution is -0.136. The van der Waals surface area contributed by atoms with Crippen molar-refractivity contribution in [1.82, 2.24) is 10.2 Å². The number of nitrogens with zero attached hydrogens (tertiary/aromatic N) is 1. The molecule has 1 aromatic rings. The Balaban J connectivity index is 1.58. The molecule has 1 atom stereocenters. The molecule has 0 aromatic heterocycles. The Labute approximate surface area is 172 Å². The number of hydrogen-bond donors (Lipinski definition) is 1. The third-order valence-corrected chi connectivity index (χ3v) is 5.52. The van der Waals surface area contributed by atoms with Crippen molar-refractivity contribution in [3.8, 4) is 5.75 Å². The van der Waals surface area contributed by atoms with Crippen LogP contribution in [0.3, 0.4) is 0 Å². The van der Waals surface area contributed by atoms with E-state index in [2.05, 4.69) is 5.32 Å². The number of ether oxygens (including phenoxy) is 3. The average Bonchev–Trinajstić information content (AvgIpc) is 2.68. The normalized spacial score (nSPS) is 22.2. The molecule has 1 N–H and O–H groups in total. The minimum absolute atomic E-state index is 0.00473. The van der Waals surface area contributed by atoms with Crippen LogP contribution in [0.1, 0.15) is 49.9 Å². The first-order valence-electron chi connectivity index (χ1n) is 10.3. The Morgan fingerprint density at radius 2 is 1.93 bits per heavy atom. The molecule has 2 heterocycles. The molecule has 2 aliphatic rings. The lowest BCUT2D eigenvalue weighted by Crippen LogP contribution is -2.46. The summed E-state index contributed by atoms with van der Waals surface area (Å²) in [6.07, 6.45) is 3.05. The molecule has 29 heavy (non-hydrogen) atoms. The summed E-state index contributed by atoms with van der Waals surface area (Å²) in [6, 6.07) is 7.45. The van der Waals surface area contributed by atoms with E-state index in [9.17, 15) is 9.59 Å². The number of carbonyl (C=O) groups is 2. The second-order valence-corrected chi connectivity index (χ2v) is 8.40. The molecule has 3 rings (SSSR count). The Morgan fingerprint density at radius 1 is 1.21 bits per heavy atom. The molecular formula is C22H32N2O5. The number of rotatable bonds is 6.